The van der Waals surface area contributed by atoms with Gasteiger partial charge in [-0.15, -0.1) is 0 Å². The summed E-state index contributed by atoms with van der Waals surface area (Å²) in [4.78, 5) is 17.1. The second-order valence-electron chi connectivity index (χ2n) is 7.72. The second-order valence-corrected chi connectivity index (χ2v) is 8.50. The minimum Gasteiger partial charge on any atom is -0.374 e. The van der Waals surface area contributed by atoms with Gasteiger partial charge in [0.15, 0.2) is 0 Å². The number of morpholine rings is 1. The highest BCUT2D eigenvalue weighted by molar-refractivity contribution is 7.07. The van der Waals surface area contributed by atoms with Gasteiger partial charge in [0, 0.05) is 38.8 Å². The Morgan fingerprint density at radius 3 is 3.00 bits per heavy atom. The maximum Gasteiger partial charge on any atom is 0.234 e. The van der Waals surface area contributed by atoms with Gasteiger partial charge in [-0.2, -0.15) is 11.3 Å². The Morgan fingerprint density at radius 2 is 2.32 bits per heavy atom. The molecular formula is C19H31N3O2S. The molecule has 0 bridgehead atoms. The molecule has 2 heterocycles. The standard InChI is InChI=1S/C19H31N3O2S/c1-15(2)10-21-6-7-24-18(12-21)9-20-19(23)13-22(17-3-4-17)11-16-5-8-25-14-16/h5,8,14-15,17-18H,3-4,6-7,9-13H2,1-2H3,(H,20,23). The summed E-state index contributed by atoms with van der Waals surface area (Å²) in [5.41, 5.74) is 1.31. The Hall–Kier alpha value is -0.950. The zero-order valence-electron chi connectivity index (χ0n) is 15.4. The highest BCUT2D eigenvalue weighted by Crippen LogP contribution is 2.28. The lowest BCUT2D eigenvalue weighted by atomic mass is 10.2. The van der Waals surface area contributed by atoms with E-state index in [1.165, 1.54) is 18.4 Å². The van der Waals surface area contributed by atoms with Crippen LogP contribution >= 0.6 is 11.3 Å². The third-order valence-corrected chi connectivity index (χ3v) is 5.48. The van der Waals surface area contributed by atoms with Gasteiger partial charge >= 0.3 is 0 Å². The van der Waals surface area contributed by atoms with Crippen LogP contribution in [-0.2, 0) is 16.1 Å². The fraction of sp³-hybridized carbons (Fsp3) is 0.737. The summed E-state index contributed by atoms with van der Waals surface area (Å²) in [5.74, 6) is 0.782. The predicted molar refractivity (Wildman–Crippen MR) is 102 cm³/mol. The van der Waals surface area contributed by atoms with Crippen LogP contribution in [0.15, 0.2) is 16.8 Å². The molecule has 1 aliphatic heterocycles. The van der Waals surface area contributed by atoms with Gasteiger partial charge in [-0.25, -0.2) is 0 Å². The molecule has 1 N–H and O–H groups in total. The number of thiophene rings is 1. The number of hydrogen-bond acceptors (Lipinski definition) is 5. The Kier molecular flexibility index (Phi) is 6.87. The van der Waals surface area contributed by atoms with Crippen LogP contribution in [0.5, 0.6) is 0 Å². The molecule has 0 spiro atoms. The zero-order valence-corrected chi connectivity index (χ0v) is 16.3. The highest BCUT2D eigenvalue weighted by atomic mass is 32.1. The molecule has 3 rings (SSSR count). The van der Waals surface area contributed by atoms with Crippen molar-refractivity contribution in [1.82, 2.24) is 15.1 Å². The zero-order chi connectivity index (χ0) is 17.6. The topological polar surface area (TPSA) is 44.8 Å². The van der Waals surface area contributed by atoms with E-state index in [9.17, 15) is 4.79 Å². The predicted octanol–water partition coefficient (Wildman–Crippen LogP) is 2.19. The van der Waals surface area contributed by atoms with Crippen LogP contribution < -0.4 is 5.32 Å². The number of carbonyl (C=O) groups excluding carboxylic acids is 1. The molecule has 5 nitrogen and oxygen atoms in total. The highest BCUT2D eigenvalue weighted by Gasteiger charge is 2.30. The molecule has 25 heavy (non-hydrogen) atoms. The Labute approximate surface area is 155 Å². The first-order valence-corrected chi connectivity index (χ1v) is 10.4. The van der Waals surface area contributed by atoms with Gasteiger partial charge in [0.05, 0.1) is 19.3 Å². The SMILES string of the molecule is CC(C)CN1CCOC(CNC(=O)CN(Cc2ccsc2)C2CC2)C1. The van der Waals surface area contributed by atoms with E-state index in [2.05, 4.69) is 45.8 Å². The van der Waals surface area contributed by atoms with Gasteiger partial charge < -0.3 is 10.1 Å². The molecule has 1 aromatic heterocycles. The third-order valence-electron chi connectivity index (χ3n) is 4.75. The van der Waals surface area contributed by atoms with Crippen molar-refractivity contribution in [2.24, 2.45) is 5.92 Å². The molecule has 1 saturated carbocycles. The van der Waals surface area contributed by atoms with Gasteiger partial charge in [0.1, 0.15) is 0 Å². The van der Waals surface area contributed by atoms with E-state index in [1.807, 2.05) is 0 Å². The van der Waals surface area contributed by atoms with E-state index >= 15 is 0 Å². The molecule has 6 heteroatoms. The number of hydrogen-bond donors (Lipinski definition) is 1. The molecule has 1 aliphatic carbocycles. The number of ether oxygens (including phenoxy) is 1. The largest absolute Gasteiger partial charge is 0.374 e. The number of amides is 1. The normalized spacial score (nSPS) is 21.8. The van der Waals surface area contributed by atoms with E-state index in [-0.39, 0.29) is 12.0 Å². The van der Waals surface area contributed by atoms with Crippen LogP contribution in [-0.4, -0.2) is 67.2 Å². The molecule has 1 amide bonds. The van der Waals surface area contributed by atoms with Crippen molar-refractivity contribution in [2.75, 3.05) is 39.3 Å². The molecule has 2 aliphatic rings. The second kappa shape index (κ2) is 9.12. The Bertz CT molecular complexity index is 531. The molecule has 1 aromatic rings. The van der Waals surface area contributed by atoms with Crippen LogP contribution in [0.3, 0.4) is 0 Å². The first kappa shape index (κ1) is 18.8. The van der Waals surface area contributed by atoms with Gasteiger partial charge in [0.25, 0.3) is 0 Å². The first-order valence-electron chi connectivity index (χ1n) is 9.46. The number of nitrogens with one attached hydrogen (secondary N) is 1. The maximum atomic E-state index is 12.4. The Morgan fingerprint density at radius 1 is 1.48 bits per heavy atom. The van der Waals surface area contributed by atoms with Crippen LogP contribution in [0.4, 0.5) is 0 Å². The minimum absolute atomic E-state index is 0.114. The fourth-order valence-electron chi connectivity index (χ4n) is 3.43. The van der Waals surface area contributed by atoms with Crippen LogP contribution in [0, 0.1) is 5.92 Å². The average molecular weight is 366 g/mol. The van der Waals surface area contributed by atoms with Crippen molar-refractivity contribution in [1.29, 1.82) is 0 Å². The monoisotopic (exact) mass is 365 g/mol. The molecule has 0 aromatic carbocycles. The van der Waals surface area contributed by atoms with Crippen molar-refractivity contribution in [3.05, 3.63) is 22.4 Å². The summed E-state index contributed by atoms with van der Waals surface area (Å²) >= 11 is 1.72. The van der Waals surface area contributed by atoms with Crippen LogP contribution in [0.2, 0.25) is 0 Å². The summed E-state index contributed by atoms with van der Waals surface area (Å²) in [6, 6.07) is 2.73. The average Bonchev–Trinajstić information content (AvgIpc) is 3.30. The van der Waals surface area contributed by atoms with Gasteiger partial charge in [0.2, 0.25) is 5.91 Å². The summed E-state index contributed by atoms with van der Waals surface area (Å²) in [6.07, 6.45) is 2.54. The molecule has 2 fully saturated rings. The van der Waals surface area contributed by atoms with Crippen LogP contribution in [0.25, 0.3) is 0 Å². The summed E-state index contributed by atoms with van der Waals surface area (Å²) in [6.45, 7) is 10.2. The van der Waals surface area contributed by atoms with E-state index < -0.39 is 0 Å². The summed E-state index contributed by atoms with van der Waals surface area (Å²) in [7, 11) is 0. The number of carbonyl (C=O) groups is 1. The van der Waals surface area contributed by atoms with Crippen molar-refractivity contribution >= 4 is 17.2 Å². The van der Waals surface area contributed by atoms with Gasteiger partial charge in [-0.05, 0) is 41.1 Å². The third kappa shape index (κ3) is 6.37. The molecule has 1 unspecified atom stereocenters. The van der Waals surface area contributed by atoms with E-state index in [0.29, 0.717) is 25.0 Å². The summed E-state index contributed by atoms with van der Waals surface area (Å²) in [5, 5.41) is 7.36. The smallest absolute Gasteiger partial charge is 0.234 e. The molecular weight excluding hydrogens is 334 g/mol. The quantitative estimate of drug-likeness (QED) is 0.729. The van der Waals surface area contributed by atoms with Gasteiger partial charge in [-0.3, -0.25) is 14.6 Å². The maximum absolute atomic E-state index is 12.4. The van der Waals surface area contributed by atoms with Crippen molar-refractivity contribution in [2.45, 2.75) is 45.4 Å². The van der Waals surface area contributed by atoms with Crippen molar-refractivity contribution in [3.63, 3.8) is 0 Å². The molecule has 1 saturated heterocycles. The minimum atomic E-state index is 0.114. The first-order chi connectivity index (χ1) is 12.1. The van der Waals surface area contributed by atoms with Crippen LogP contribution in [0.1, 0.15) is 32.3 Å². The van der Waals surface area contributed by atoms with Gasteiger partial charge in [-0.1, -0.05) is 13.8 Å². The van der Waals surface area contributed by atoms with E-state index in [0.717, 1.165) is 32.8 Å². The Balaban J connectivity index is 1.40. The van der Waals surface area contributed by atoms with E-state index in [1.54, 1.807) is 11.3 Å². The number of nitrogens with zero attached hydrogens (tertiary/aromatic N) is 2. The lowest BCUT2D eigenvalue weighted by molar-refractivity contribution is -0.123. The lowest BCUT2D eigenvalue weighted by Gasteiger charge is -2.34. The molecule has 0 radical (unpaired) electrons. The molecule has 140 valence electrons. The van der Waals surface area contributed by atoms with Crippen molar-refractivity contribution in [3.8, 4) is 0 Å². The summed E-state index contributed by atoms with van der Waals surface area (Å²) < 4.78 is 5.82. The van der Waals surface area contributed by atoms with Crippen molar-refractivity contribution < 1.29 is 9.53 Å². The fourth-order valence-corrected chi connectivity index (χ4v) is 4.08. The lowest BCUT2D eigenvalue weighted by Crippen LogP contribution is -2.49. The molecule has 1 atom stereocenters. The van der Waals surface area contributed by atoms with E-state index in [4.69, 9.17) is 4.74 Å². The number of rotatable bonds is 9.